The highest BCUT2D eigenvalue weighted by atomic mass is 35.5. The summed E-state index contributed by atoms with van der Waals surface area (Å²) in [4.78, 5) is 14.4. The fourth-order valence-electron chi connectivity index (χ4n) is 2.87. The first-order valence-corrected chi connectivity index (χ1v) is 7.98. The van der Waals surface area contributed by atoms with Crippen LogP contribution in [0.5, 0.6) is 0 Å². The van der Waals surface area contributed by atoms with Gasteiger partial charge in [0.25, 0.3) is 0 Å². The van der Waals surface area contributed by atoms with Gasteiger partial charge in [-0.2, -0.15) is 0 Å². The first-order valence-electron chi connectivity index (χ1n) is 7.98. The lowest BCUT2D eigenvalue weighted by molar-refractivity contribution is 0.0966. The minimum atomic E-state index is -0.309. The summed E-state index contributed by atoms with van der Waals surface area (Å²) >= 11 is 0. The minimum absolute atomic E-state index is 0. The van der Waals surface area contributed by atoms with Gasteiger partial charge in [0.2, 0.25) is 0 Å². The third-order valence-corrected chi connectivity index (χ3v) is 4.26. The van der Waals surface area contributed by atoms with E-state index in [1.807, 2.05) is 6.07 Å². The van der Waals surface area contributed by atoms with Gasteiger partial charge in [0, 0.05) is 31.6 Å². The zero-order valence-corrected chi connectivity index (χ0v) is 14.3. The fourth-order valence-corrected chi connectivity index (χ4v) is 2.87. The summed E-state index contributed by atoms with van der Waals surface area (Å²) in [7, 11) is 0. The van der Waals surface area contributed by atoms with Crippen molar-refractivity contribution in [3.05, 3.63) is 77.6 Å². The van der Waals surface area contributed by atoms with E-state index in [2.05, 4.69) is 35.2 Å². The molecule has 0 unspecified atom stereocenters. The van der Waals surface area contributed by atoms with E-state index in [1.165, 1.54) is 23.3 Å². The smallest absolute Gasteiger partial charge is 0.164 e. The number of nitrogens with zero attached hydrogens (tertiary/aromatic N) is 1. The van der Waals surface area contributed by atoms with Gasteiger partial charge in [-0.15, -0.1) is 12.4 Å². The molecule has 126 valence electrons. The SMILES string of the molecule is Cl.O=C(CCN1CC=C(c2ccccc2)CC1)c1ccc(F)cc1. The van der Waals surface area contributed by atoms with E-state index in [1.54, 1.807) is 12.1 Å². The third-order valence-electron chi connectivity index (χ3n) is 4.26. The van der Waals surface area contributed by atoms with Gasteiger partial charge in [-0.1, -0.05) is 36.4 Å². The molecule has 2 nitrogen and oxygen atoms in total. The van der Waals surface area contributed by atoms with E-state index < -0.39 is 0 Å². The molecule has 2 aromatic carbocycles. The first-order chi connectivity index (χ1) is 11.2. The molecule has 0 aliphatic carbocycles. The zero-order valence-electron chi connectivity index (χ0n) is 13.5. The van der Waals surface area contributed by atoms with Crippen molar-refractivity contribution in [3.8, 4) is 0 Å². The van der Waals surface area contributed by atoms with Crippen molar-refractivity contribution in [1.82, 2.24) is 4.90 Å². The van der Waals surface area contributed by atoms with Gasteiger partial charge in [0.05, 0.1) is 0 Å². The predicted molar refractivity (Wildman–Crippen MR) is 98.1 cm³/mol. The molecule has 0 bridgehead atoms. The van der Waals surface area contributed by atoms with Crippen LogP contribution in [0.1, 0.15) is 28.8 Å². The van der Waals surface area contributed by atoms with E-state index in [9.17, 15) is 9.18 Å². The molecule has 0 saturated carbocycles. The van der Waals surface area contributed by atoms with Gasteiger partial charge < -0.3 is 0 Å². The highest BCUT2D eigenvalue weighted by molar-refractivity contribution is 5.96. The van der Waals surface area contributed by atoms with Crippen LogP contribution in [0.4, 0.5) is 4.39 Å². The molecule has 0 radical (unpaired) electrons. The maximum Gasteiger partial charge on any atom is 0.164 e. The van der Waals surface area contributed by atoms with E-state index in [4.69, 9.17) is 0 Å². The standard InChI is InChI=1S/C20H20FNO.ClH/c21-19-8-6-18(7-9-19)20(23)12-15-22-13-10-17(11-14-22)16-4-2-1-3-5-16;/h1-10H,11-15H2;1H. The number of carbonyl (C=O) groups excluding carboxylic acids is 1. The molecule has 0 saturated heterocycles. The Morgan fingerprint density at radius 2 is 1.75 bits per heavy atom. The highest BCUT2D eigenvalue weighted by Crippen LogP contribution is 2.22. The van der Waals surface area contributed by atoms with Crippen molar-refractivity contribution < 1.29 is 9.18 Å². The third kappa shape index (κ3) is 4.76. The summed E-state index contributed by atoms with van der Waals surface area (Å²) in [5.74, 6) is -0.237. The number of rotatable bonds is 5. The van der Waals surface area contributed by atoms with Crippen LogP contribution in [0.25, 0.3) is 5.57 Å². The predicted octanol–water partition coefficient (Wildman–Crippen LogP) is 4.61. The van der Waals surface area contributed by atoms with Crippen LogP contribution in [0.3, 0.4) is 0 Å². The van der Waals surface area contributed by atoms with E-state index in [0.717, 1.165) is 26.1 Å². The van der Waals surface area contributed by atoms with Gasteiger partial charge in [-0.25, -0.2) is 4.39 Å². The van der Waals surface area contributed by atoms with Crippen molar-refractivity contribution in [2.45, 2.75) is 12.8 Å². The van der Waals surface area contributed by atoms with Crippen molar-refractivity contribution >= 4 is 23.8 Å². The van der Waals surface area contributed by atoms with Crippen LogP contribution in [0.15, 0.2) is 60.7 Å². The van der Waals surface area contributed by atoms with Crippen LogP contribution in [0.2, 0.25) is 0 Å². The summed E-state index contributed by atoms with van der Waals surface area (Å²) < 4.78 is 12.9. The van der Waals surface area contributed by atoms with Gasteiger partial charge in [-0.05, 0) is 41.8 Å². The minimum Gasteiger partial charge on any atom is -0.299 e. The molecule has 3 rings (SSSR count). The summed E-state index contributed by atoms with van der Waals surface area (Å²) in [6.07, 6.45) is 3.73. The molecule has 1 aliphatic rings. The van der Waals surface area contributed by atoms with Crippen LogP contribution >= 0.6 is 12.4 Å². The second-order valence-electron chi connectivity index (χ2n) is 5.83. The van der Waals surface area contributed by atoms with Crippen LogP contribution in [0, 0.1) is 5.82 Å². The summed E-state index contributed by atoms with van der Waals surface area (Å²) in [5, 5.41) is 0. The summed E-state index contributed by atoms with van der Waals surface area (Å²) in [6.45, 7) is 2.59. The molecular weight excluding hydrogens is 325 g/mol. The lowest BCUT2D eigenvalue weighted by Crippen LogP contribution is -2.30. The number of carbonyl (C=O) groups is 1. The molecule has 0 spiro atoms. The number of hydrogen-bond acceptors (Lipinski definition) is 2. The van der Waals surface area contributed by atoms with Gasteiger partial charge in [-0.3, -0.25) is 9.69 Å². The molecule has 0 fully saturated rings. The largest absolute Gasteiger partial charge is 0.299 e. The number of benzene rings is 2. The Morgan fingerprint density at radius 3 is 2.38 bits per heavy atom. The number of ketones is 1. The Balaban J connectivity index is 0.00000208. The molecule has 4 heteroatoms. The van der Waals surface area contributed by atoms with Gasteiger partial charge >= 0.3 is 0 Å². The molecule has 1 aliphatic heterocycles. The van der Waals surface area contributed by atoms with Gasteiger partial charge in [0.15, 0.2) is 5.78 Å². The fraction of sp³-hybridized carbons (Fsp3) is 0.250. The second kappa shape index (κ2) is 8.76. The van der Waals surface area contributed by atoms with Crippen molar-refractivity contribution in [1.29, 1.82) is 0 Å². The van der Waals surface area contributed by atoms with E-state index in [0.29, 0.717) is 12.0 Å². The van der Waals surface area contributed by atoms with Crippen molar-refractivity contribution in [2.75, 3.05) is 19.6 Å². The Morgan fingerprint density at radius 1 is 1.04 bits per heavy atom. The number of hydrogen-bond donors (Lipinski definition) is 0. The number of Topliss-reactive ketones (excluding diaryl/α,β-unsaturated/α-hetero) is 1. The normalized spacial score (nSPS) is 14.6. The molecule has 0 atom stereocenters. The average molecular weight is 346 g/mol. The molecule has 24 heavy (non-hydrogen) atoms. The molecule has 2 aromatic rings. The summed E-state index contributed by atoms with van der Waals surface area (Å²) in [6, 6.07) is 16.2. The first kappa shape index (κ1) is 18.4. The lowest BCUT2D eigenvalue weighted by atomic mass is 9.99. The van der Waals surface area contributed by atoms with E-state index in [-0.39, 0.29) is 24.0 Å². The van der Waals surface area contributed by atoms with E-state index >= 15 is 0 Å². The van der Waals surface area contributed by atoms with Crippen molar-refractivity contribution in [3.63, 3.8) is 0 Å². The Kier molecular flexibility index (Phi) is 6.71. The van der Waals surface area contributed by atoms with Gasteiger partial charge in [0.1, 0.15) is 5.82 Å². The Bertz CT molecular complexity index is 697. The zero-order chi connectivity index (χ0) is 16.1. The molecular formula is C20H21ClFNO. The van der Waals surface area contributed by atoms with Crippen LogP contribution in [-0.2, 0) is 0 Å². The maximum atomic E-state index is 12.9. The molecule has 0 aromatic heterocycles. The molecule has 0 N–H and O–H groups in total. The topological polar surface area (TPSA) is 20.3 Å². The quantitative estimate of drug-likeness (QED) is 0.737. The van der Waals surface area contributed by atoms with Crippen LogP contribution in [-0.4, -0.2) is 30.3 Å². The lowest BCUT2D eigenvalue weighted by Gasteiger charge is -2.26. The average Bonchev–Trinajstić information content (AvgIpc) is 2.61. The number of halogens is 2. The monoisotopic (exact) mass is 345 g/mol. The highest BCUT2D eigenvalue weighted by Gasteiger charge is 2.14. The van der Waals surface area contributed by atoms with Crippen molar-refractivity contribution in [2.24, 2.45) is 0 Å². The van der Waals surface area contributed by atoms with Crippen LogP contribution < -0.4 is 0 Å². The Hall–Kier alpha value is -1.97. The maximum absolute atomic E-state index is 12.9. The molecule has 0 amide bonds. The Labute approximate surface area is 148 Å². The molecule has 1 heterocycles. The second-order valence-corrected chi connectivity index (χ2v) is 5.83. The summed E-state index contributed by atoms with van der Waals surface area (Å²) in [5.41, 5.74) is 3.25.